The van der Waals surface area contributed by atoms with Crippen molar-refractivity contribution in [1.82, 2.24) is 4.72 Å². The monoisotopic (exact) mass is 260 g/mol. The van der Waals surface area contributed by atoms with Gasteiger partial charge in [-0.05, 0) is 19.2 Å². The first kappa shape index (κ1) is 13.9. The molecule has 0 fully saturated rings. The summed E-state index contributed by atoms with van der Waals surface area (Å²) in [6.45, 7) is -0.305. The van der Waals surface area contributed by atoms with Crippen molar-refractivity contribution in [3.8, 4) is 0 Å². The molecule has 0 aromatic heterocycles. The van der Waals surface area contributed by atoms with E-state index in [4.69, 9.17) is 5.11 Å². The van der Waals surface area contributed by atoms with E-state index >= 15 is 0 Å². The Bertz CT molecular complexity index is 461. The third-order valence-electron chi connectivity index (χ3n) is 2.18. The Balaban J connectivity index is 2.93. The number of hydrogen-bond donors (Lipinski definition) is 4. The van der Waals surface area contributed by atoms with Gasteiger partial charge in [-0.1, -0.05) is 12.1 Å². The van der Waals surface area contributed by atoms with Crippen LogP contribution in [-0.4, -0.2) is 44.9 Å². The summed E-state index contributed by atoms with van der Waals surface area (Å²) in [7, 11) is -2.21. The van der Waals surface area contributed by atoms with E-state index in [-0.39, 0.29) is 18.0 Å². The number of nitrogens with one attached hydrogen (secondary N) is 2. The van der Waals surface area contributed by atoms with Crippen molar-refractivity contribution < 1.29 is 18.6 Å². The first-order chi connectivity index (χ1) is 8.01. The molecule has 17 heavy (non-hydrogen) atoms. The van der Waals surface area contributed by atoms with Gasteiger partial charge in [0.05, 0.1) is 18.4 Å². The van der Waals surface area contributed by atoms with Gasteiger partial charge in [-0.2, -0.15) is 0 Å². The molecule has 0 aliphatic carbocycles. The van der Waals surface area contributed by atoms with Crippen LogP contribution in [0.5, 0.6) is 0 Å². The molecule has 1 unspecified atom stereocenters. The molecule has 0 saturated heterocycles. The van der Waals surface area contributed by atoms with Crippen molar-refractivity contribution in [2.45, 2.75) is 11.0 Å². The third-order valence-corrected chi connectivity index (χ3v) is 3.66. The maximum Gasteiger partial charge on any atom is 0.242 e. The molecule has 0 amide bonds. The van der Waals surface area contributed by atoms with E-state index in [1.165, 1.54) is 13.1 Å². The highest BCUT2D eigenvalue weighted by molar-refractivity contribution is 7.89. The zero-order valence-corrected chi connectivity index (χ0v) is 10.2. The maximum atomic E-state index is 11.7. The summed E-state index contributed by atoms with van der Waals surface area (Å²) < 4.78 is 25.6. The van der Waals surface area contributed by atoms with Crippen LogP contribution in [0.1, 0.15) is 0 Å². The molecule has 7 heteroatoms. The molecule has 96 valence electrons. The molecule has 0 aliphatic rings. The van der Waals surface area contributed by atoms with Gasteiger partial charge in [0.15, 0.2) is 0 Å². The van der Waals surface area contributed by atoms with E-state index < -0.39 is 16.1 Å². The van der Waals surface area contributed by atoms with Gasteiger partial charge in [0, 0.05) is 6.54 Å². The molecular weight excluding hydrogens is 244 g/mol. The van der Waals surface area contributed by atoms with Crippen molar-refractivity contribution in [2.75, 3.05) is 25.5 Å². The number of hydrogen-bond acceptors (Lipinski definition) is 5. The number of anilines is 1. The van der Waals surface area contributed by atoms with Crippen molar-refractivity contribution in [1.29, 1.82) is 0 Å². The molecule has 0 spiro atoms. The molecule has 1 aromatic carbocycles. The Labute approximate surface area is 100 Å². The summed E-state index contributed by atoms with van der Waals surface area (Å²) in [5.41, 5.74) is 0.384. The number of benzene rings is 1. The van der Waals surface area contributed by atoms with Crippen LogP contribution in [-0.2, 0) is 10.0 Å². The normalized spacial score (nSPS) is 13.4. The number of aliphatic hydroxyl groups excluding tert-OH is 2. The van der Waals surface area contributed by atoms with E-state index in [1.807, 2.05) is 0 Å². The Morgan fingerprint density at radius 1 is 1.35 bits per heavy atom. The number of sulfonamides is 1. The van der Waals surface area contributed by atoms with Gasteiger partial charge in [-0.15, -0.1) is 0 Å². The fourth-order valence-corrected chi connectivity index (χ4v) is 2.16. The van der Waals surface area contributed by atoms with Crippen LogP contribution in [0.15, 0.2) is 29.2 Å². The molecule has 1 atom stereocenters. The fraction of sp³-hybridized carbons (Fsp3) is 0.400. The predicted molar refractivity (Wildman–Crippen MR) is 64.3 cm³/mol. The molecule has 6 nitrogen and oxygen atoms in total. The van der Waals surface area contributed by atoms with Gasteiger partial charge in [0.1, 0.15) is 4.90 Å². The topological polar surface area (TPSA) is 98.7 Å². The summed E-state index contributed by atoms with van der Waals surface area (Å²) >= 11 is 0. The van der Waals surface area contributed by atoms with Crippen molar-refractivity contribution in [2.24, 2.45) is 0 Å². The lowest BCUT2D eigenvalue weighted by Crippen LogP contribution is -2.25. The van der Waals surface area contributed by atoms with Crippen LogP contribution in [0.25, 0.3) is 0 Å². The molecule has 0 radical (unpaired) electrons. The predicted octanol–water partition coefficient (Wildman–Crippen LogP) is -0.640. The van der Waals surface area contributed by atoms with Crippen LogP contribution in [0.2, 0.25) is 0 Å². The number of aliphatic hydroxyl groups is 2. The first-order valence-electron chi connectivity index (χ1n) is 5.06. The average molecular weight is 260 g/mol. The molecule has 0 saturated carbocycles. The van der Waals surface area contributed by atoms with Crippen LogP contribution in [0.3, 0.4) is 0 Å². The van der Waals surface area contributed by atoms with Crippen LogP contribution >= 0.6 is 0 Å². The average Bonchev–Trinajstić information content (AvgIpc) is 2.36. The summed E-state index contributed by atoms with van der Waals surface area (Å²) in [4.78, 5) is 0.104. The Hall–Kier alpha value is -1.15. The summed E-state index contributed by atoms with van der Waals surface area (Å²) in [5.74, 6) is 0. The highest BCUT2D eigenvalue weighted by Gasteiger charge is 2.16. The van der Waals surface area contributed by atoms with Gasteiger partial charge >= 0.3 is 0 Å². The van der Waals surface area contributed by atoms with Gasteiger partial charge in [0.25, 0.3) is 0 Å². The second-order valence-electron chi connectivity index (χ2n) is 3.42. The Kier molecular flexibility index (Phi) is 4.88. The van der Waals surface area contributed by atoms with Crippen LogP contribution in [0, 0.1) is 0 Å². The van der Waals surface area contributed by atoms with Gasteiger partial charge in [0.2, 0.25) is 10.0 Å². The standard InChI is InChI=1S/C10H16N2O4S/c1-11-17(15,16)10-5-3-2-4-9(10)12-6-8(14)7-13/h2-5,8,11-14H,6-7H2,1H3. The quantitative estimate of drug-likeness (QED) is 0.545. The zero-order chi connectivity index (χ0) is 12.9. The lowest BCUT2D eigenvalue weighted by Gasteiger charge is -2.13. The SMILES string of the molecule is CNS(=O)(=O)c1ccccc1NCC(O)CO. The van der Waals surface area contributed by atoms with Crippen molar-refractivity contribution in [3.63, 3.8) is 0 Å². The summed E-state index contributed by atoms with van der Waals surface area (Å²) in [5, 5.41) is 20.6. The zero-order valence-electron chi connectivity index (χ0n) is 9.42. The molecule has 1 rings (SSSR count). The van der Waals surface area contributed by atoms with Gasteiger partial charge in [-0.3, -0.25) is 0 Å². The lowest BCUT2D eigenvalue weighted by atomic mass is 10.3. The van der Waals surface area contributed by atoms with E-state index in [9.17, 15) is 13.5 Å². The van der Waals surface area contributed by atoms with Crippen LogP contribution in [0.4, 0.5) is 5.69 Å². The summed E-state index contributed by atoms with van der Waals surface area (Å²) in [6, 6.07) is 6.34. The maximum absolute atomic E-state index is 11.7. The minimum absolute atomic E-state index is 0.0761. The lowest BCUT2D eigenvalue weighted by molar-refractivity contribution is 0.105. The van der Waals surface area contributed by atoms with E-state index in [0.29, 0.717) is 5.69 Å². The molecule has 1 aromatic rings. The van der Waals surface area contributed by atoms with Crippen molar-refractivity contribution in [3.05, 3.63) is 24.3 Å². The van der Waals surface area contributed by atoms with Gasteiger partial charge in [-0.25, -0.2) is 13.1 Å². The molecule has 0 bridgehead atoms. The number of rotatable bonds is 6. The number of para-hydroxylation sites is 1. The first-order valence-corrected chi connectivity index (χ1v) is 6.55. The Morgan fingerprint density at radius 2 is 2.00 bits per heavy atom. The molecule has 4 N–H and O–H groups in total. The third kappa shape index (κ3) is 3.67. The summed E-state index contributed by atoms with van der Waals surface area (Å²) in [6.07, 6.45) is -0.930. The van der Waals surface area contributed by atoms with Gasteiger partial charge < -0.3 is 15.5 Å². The van der Waals surface area contributed by atoms with E-state index in [0.717, 1.165) is 0 Å². The fourth-order valence-electron chi connectivity index (χ4n) is 1.25. The molecular formula is C10H16N2O4S. The highest BCUT2D eigenvalue weighted by atomic mass is 32.2. The minimum atomic E-state index is -3.54. The van der Waals surface area contributed by atoms with E-state index in [2.05, 4.69) is 10.0 Å². The second-order valence-corrected chi connectivity index (χ2v) is 5.28. The molecule has 0 aliphatic heterocycles. The van der Waals surface area contributed by atoms with E-state index in [1.54, 1.807) is 18.2 Å². The highest BCUT2D eigenvalue weighted by Crippen LogP contribution is 2.20. The van der Waals surface area contributed by atoms with Crippen LogP contribution < -0.4 is 10.0 Å². The Morgan fingerprint density at radius 3 is 2.59 bits per heavy atom. The smallest absolute Gasteiger partial charge is 0.242 e. The molecule has 0 heterocycles. The second kappa shape index (κ2) is 5.97. The largest absolute Gasteiger partial charge is 0.394 e. The minimum Gasteiger partial charge on any atom is -0.394 e. The van der Waals surface area contributed by atoms with Crippen molar-refractivity contribution >= 4 is 15.7 Å².